The molecule has 25 heavy (non-hydrogen) atoms. The van der Waals surface area contributed by atoms with E-state index in [0.29, 0.717) is 22.8 Å². The molecule has 0 fully saturated rings. The fourth-order valence-electron chi connectivity index (χ4n) is 2.89. The van der Waals surface area contributed by atoms with Gasteiger partial charge in [0.05, 0.1) is 18.4 Å². The van der Waals surface area contributed by atoms with Crippen LogP contribution in [0.2, 0.25) is 0 Å². The number of rotatable bonds is 2. The first-order valence-electron chi connectivity index (χ1n) is 7.59. The van der Waals surface area contributed by atoms with Gasteiger partial charge in [0.2, 0.25) is 0 Å². The number of anilines is 1. The third-order valence-electron chi connectivity index (χ3n) is 4.21. The average Bonchev–Trinajstić information content (AvgIpc) is 3.02. The van der Waals surface area contributed by atoms with Crippen molar-refractivity contribution in [3.63, 3.8) is 0 Å². The second-order valence-corrected chi connectivity index (χ2v) is 5.79. The van der Waals surface area contributed by atoms with Crippen LogP contribution in [0.5, 0.6) is 0 Å². The maximum absolute atomic E-state index is 12.5. The van der Waals surface area contributed by atoms with Crippen LogP contribution in [0.25, 0.3) is 22.1 Å². The summed E-state index contributed by atoms with van der Waals surface area (Å²) < 4.78 is 4.01. The summed E-state index contributed by atoms with van der Waals surface area (Å²) in [6, 6.07) is 7.45. The lowest BCUT2D eigenvalue weighted by atomic mass is 10.2. The van der Waals surface area contributed by atoms with Crippen molar-refractivity contribution in [2.24, 2.45) is 14.1 Å². The van der Waals surface area contributed by atoms with Gasteiger partial charge in [0.15, 0.2) is 17.0 Å². The van der Waals surface area contributed by atoms with Crippen LogP contribution in [0.1, 0.15) is 5.82 Å². The van der Waals surface area contributed by atoms with Crippen LogP contribution in [0, 0.1) is 0 Å². The van der Waals surface area contributed by atoms with E-state index in [1.807, 2.05) is 24.3 Å². The topological polar surface area (TPSA) is 114 Å². The normalized spacial score (nSPS) is 11.4. The largest absolute Gasteiger partial charge is 0.383 e. The van der Waals surface area contributed by atoms with Crippen molar-refractivity contribution in [1.29, 1.82) is 0 Å². The fourth-order valence-corrected chi connectivity index (χ4v) is 2.89. The highest BCUT2D eigenvalue weighted by atomic mass is 16.2. The minimum Gasteiger partial charge on any atom is -0.383 e. The molecule has 4 aromatic rings. The highest BCUT2D eigenvalue weighted by Gasteiger charge is 2.15. The van der Waals surface area contributed by atoms with Crippen LogP contribution in [0.3, 0.4) is 0 Å². The van der Waals surface area contributed by atoms with Gasteiger partial charge in [0, 0.05) is 19.5 Å². The second kappa shape index (κ2) is 5.26. The van der Waals surface area contributed by atoms with Gasteiger partial charge in [-0.1, -0.05) is 12.1 Å². The minimum atomic E-state index is -0.422. The molecule has 0 saturated carbocycles. The number of para-hydroxylation sites is 1. The van der Waals surface area contributed by atoms with Crippen LogP contribution in [0.4, 0.5) is 5.82 Å². The van der Waals surface area contributed by atoms with Crippen molar-refractivity contribution < 1.29 is 0 Å². The molecule has 0 aliphatic rings. The van der Waals surface area contributed by atoms with Crippen molar-refractivity contribution in [1.82, 2.24) is 28.7 Å². The van der Waals surface area contributed by atoms with Crippen molar-refractivity contribution in [3.05, 3.63) is 57.3 Å². The highest BCUT2D eigenvalue weighted by Crippen LogP contribution is 2.18. The summed E-state index contributed by atoms with van der Waals surface area (Å²) in [5.74, 6) is 0.844. The van der Waals surface area contributed by atoms with Gasteiger partial charge in [-0.2, -0.15) is 0 Å². The molecular formula is C16H15N7O2. The van der Waals surface area contributed by atoms with Crippen LogP contribution in [-0.2, 0) is 20.6 Å². The SMILES string of the molecule is Cn1c(=O)c2c(ncn2Cc2nc(N)c3ccccc3n2)n(C)c1=O. The maximum atomic E-state index is 12.5. The monoisotopic (exact) mass is 337 g/mol. The zero-order chi connectivity index (χ0) is 17.7. The van der Waals surface area contributed by atoms with Gasteiger partial charge >= 0.3 is 5.69 Å². The Kier molecular flexibility index (Phi) is 3.17. The van der Waals surface area contributed by atoms with Crippen molar-refractivity contribution >= 4 is 27.9 Å². The second-order valence-electron chi connectivity index (χ2n) is 5.79. The quantitative estimate of drug-likeness (QED) is 0.551. The Morgan fingerprint density at radius 3 is 2.64 bits per heavy atom. The van der Waals surface area contributed by atoms with E-state index in [0.717, 1.165) is 15.5 Å². The molecule has 0 saturated heterocycles. The smallest absolute Gasteiger partial charge is 0.332 e. The third-order valence-corrected chi connectivity index (χ3v) is 4.21. The average molecular weight is 337 g/mol. The molecule has 4 rings (SSSR count). The lowest BCUT2D eigenvalue weighted by Crippen LogP contribution is -2.37. The van der Waals surface area contributed by atoms with E-state index in [4.69, 9.17) is 5.73 Å². The molecule has 0 unspecified atom stereocenters. The van der Waals surface area contributed by atoms with Crippen molar-refractivity contribution in [3.8, 4) is 0 Å². The molecule has 0 aliphatic heterocycles. The number of nitrogen functional groups attached to an aromatic ring is 1. The molecule has 9 heteroatoms. The van der Waals surface area contributed by atoms with E-state index in [-0.39, 0.29) is 6.54 Å². The summed E-state index contributed by atoms with van der Waals surface area (Å²) in [6.45, 7) is 0.221. The number of nitrogens with two attached hydrogens (primary N) is 1. The van der Waals surface area contributed by atoms with E-state index in [9.17, 15) is 9.59 Å². The predicted octanol–water partition coefficient (Wildman–Crippen LogP) is 0.00740. The van der Waals surface area contributed by atoms with E-state index < -0.39 is 11.2 Å². The molecule has 2 N–H and O–H groups in total. The zero-order valence-corrected chi connectivity index (χ0v) is 13.7. The van der Waals surface area contributed by atoms with Crippen LogP contribution < -0.4 is 17.0 Å². The summed E-state index contributed by atoms with van der Waals surface area (Å²) >= 11 is 0. The molecule has 9 nitrogen and oxygen atoms in total. The van der Waals surface area contributed by atoms with E-state index in [2.05, 4.69) is 15.0 Å². The first-order valence-corrected chi connectivity index (χ1v) is 7.59. The number of hydrogen-bond donors (Lipinski definition) is 1. The molecule has 0 aliphatic carbocycles. The minimum absolute atomic E-state index is 0.221. The molecule has 0 bridgehead atoms. The van der Waals surface area contributed by atoms with Crippen molar-refractivity contribution in [2.75, 3.05) is 5.73 Å². The number of aromatic nitrogens is 6. The molecule has 0 spiro atoms. The molecule has 0 amide bonds. The fraction of sp³-hybridized carbons (Fsp3) is 0.188. The van der Waals surface area contributed by atoms with Crippen LogP contribution >= 0.6 is 0 Å². The number of aryl methyl sites for hydroxylation is 1. The van der Waals surface area contributed by atoms with Gasteiger partial charge in [-0.3, -0.25) is 13.9 Å². The standard InChI is InChI=1S/C16H15N7O2/c1-21-14-12(15(24)22(2)16(21)25)23(8-18-14)7-11-19-10-6-4-3-5-9(10)13(17)20-11/h3-6,8H,7H2,1-2H3,(H2,17,19,20). The predicted molar refractivity (Wildman–Crippen MR) is 93.3 cm³/mol. The summed E-state index contributed by atoms with van der Waals surface area (Å²) in [6.07, 6.45) is 1.50. The third kappa shape index (κ3) is 2.20. The Labute approximate surface area is 141 Å². The Morgan fingerprint density at radius 2 is 1.84 bits per heavy atom. The number of nitrogens with zero attached hydrogens (tertiary/aromatic N) is 6. The molecule has 126 valence electrons. The van der Waals surface area contributed by atoms with E-state index in [1.54, 1.807) is 11.6 Å². The number of hydrogen-bond acceptors (Lipinski definition) is 6. The Balaban J connectivity index is 1.90. The Morgan fingerprint density at radius 1 is 1.08 bits per heavy atom. The van der Waals surface area contributed by atoms with Gasteiger partial charge in [-0.15, -0.1) is 0 Å². The lowest BCUT2D eigenvalue weighted by Gasteiger charge is -2.08. The first kappa shape index (κ1) is 15.1. The van der Waals surface area contributed by atoms with Gasteiger partial charge < -0.3 is 10.3 Å². The van der Waals surface area contributed by atoms with Crippen LogP contribution in [0.15, 0.2) is 40.2 Å². The number of imidazole rings is 1. The number of benzene rings is 1. The molecule has 0 atom stereocenters. The molecule has 3 aromatic heterocycles. The highest BCUT2D eigenvalue weighted by molar-refractivity contribution is 5.87. The molecule has 0 radical (unpaired) electrons. The summed E-state index contributed by atoms with van der Waals surface area (Å²) in [7, 11) is 3.01. The zero-order valence-electron chi connectivity index (χ0n) is 13.7. The summed E-state index contributed by atoms with van der Waals surface area (Å²) in [5.41, 5.74) is 6.55. The van der Waals surface area contributed by atoms with Crippen molar-refractivity contribution in [2.45, 2.75) is 6.54 Å². The maximum Gasteiger partial charge on any atom is 0.332 e. The van der Waals surface area contributed by atoms with Gasteiger partial charge in [0.25, 0.3) is 5.56 Å². The van der Waals surface area contributed by atoms with Crippen LogP contribution in [-0.4, -0.2) is 28.7 Å². The Bertz CT molecular complexity index is 1250. The van der Waals surface area contributed by atoms with Gasteiger partial charge in [-0.25, -0.2) is 19.7 Å². The first-order chi connectivity index (χ1) is 12.0. The van der Waals surface area contributed by atoms with E-state index >= 15 is 0 Å². The lowest BCUT2D eigenvalue weighted by molar-refractivity contribution is 0.699. The molecular weight excluding hydrogens is 322 g/mol. The number of fused-ring (bicyclic) bond motifs is 2. The van der Waals surface area contributed by atoms with Gasteiger partial charge in [-0.05, 0) is 12.1 Å². The Hall–Kier alpha value is -3.49. The summed E-state index contributed by atoms with van der Waals surface area (Å²) in [4.78, 5) is 37.5. The van der Waals surface area contributed by atoms with Gasteiger partial charge in [0.1, 0.15) is 5.82 Å². The van der Waals surface area contributed by atoms with E-state index in [1.165, 1.54) is 17.9 Å². The molecule has 3 heterocycles. The summed E-state index contributed by atoms with van der Waals surface area (Å²) in [5, 5.41) is 0.778. The molecule has 1 aromatic carbocycles.